The number of halogens is 3. The fourth-order valence-electron chi connectivity index (χ4n) is 5.34. The number of hydrogen-bond acceptors (Lipinski definition) is 9. The first-order valence-corrected chi connectivity index (χ1v) is 14.7. The number of pyridine rings is 2. The molecule has 0 aliphatic carbocycles. The fraction of sp³-hybridized carbons (Fsp3) is 0.444. The Labute approximate surface area is 257 Å². The maximum absolute atomic E-state index is 13.6. The molecule has 3 atom stereocenters. The van der Waals surface area contributed by atoms with Gasteiger partial charge in [-0.15, -0.1) is 0 Å². The van der Waals surface area contributed by atoms with Crippen molar-refractivity contribution in [3.63, 3.8) is 0 Å². The van der Waals surface area contributed by atoms with Crippen LogP contribution in [0.5, 0.6) is 5.88 Å². The fourth-order valence-corrected chi connectivity index (χ4v) is 5.78. The summed E-state index contributed by atoms with van der Waals surface area (Å²) in [7, 11) is 1.11. The van der Waals surface area contributed by atoms with Gasteiger partial charge in [0, 0.05) is 11.8 Å². The van der Waals surface area contributed by atoms with Crippen molar-refractivity contribution in [1.29, 1.82) is 0 Å². The second kappa shape index (κ2) is 12.4. The molecule has 0 aromatic carbocycles. The Morgan fingerprint density at radius 1 is 1.20 bits per heavy atom. The second-order valence-corrected chi connectivity index (χ2v) is 12.2. The minimum absolute atomic E-state index is 0.133. The van der Waals surface area contributed by atoms with Crippen molar-refractivity contribution < 1.29 is 37.4 Å². The summed E-state index contributed by atoms with van der Waals surface area (Å²) in [5, 5.41) is 12.9. The number of carbonyl (C=O) groups is 3. The van der Waals surface area contributed by atoms with Gasteiger partial charge in [-0.3, -0.25) is 0 Å². The number of nitrogens with zero attached hydrogens (tertiary/aromatic N) is 7. The molecule has 2 saturated heterocycles. The molecule has 0 spiro atoms. The molecule has 2 N–H and O–H groups in total. The van der Waals surface area contributed by atoms with Crippen molar-refractivity contribution in [2.75, 3.05) is 38.6 Å². The normalized spacial score (nSPS) is 18.5. The van der Waals surface area contributed by atoms with Crippen LogP contribution in [-0.2, 0) is 11.0 Å². The zero-order valence-corrected chi connectivity index (χ0v) is 25.5. The van der Waals surface area contributed by atoms with Crippen LogP contribution in [0.2, 0.25) is 4.82 Å². The van der Waals surface area contributed by atoms with E-state index in [0.717, 1.165) is 18.1 Å². The number of hydrogen-bond donors (Lipinski definition) is 2. The number of anilines is 1. The van der Waals surface area contributed by atoms with Gasteiger partial charge in [-0.25, -0.2) is 19.9 Å². The summed E-state index contributed by atoms with van der Waals surface area (Å²) in [6.07, 6.45) is -2.09. The van der Waals surface area contributed by atoms with E-state index in [2.05, 4.69) is 41.3 Å². The summed E-state index contributed by atoms with van der Waals surface area (Å²) in [5.41, 5.74) is 0.152. The van der Waals surface area contributed by atoms with E-state index in [9.17, 15) is 32.7 Å². The summed E-state index contributed by atoms with van der Waals surface area (Å²) in [6, 6.07) is 2.36. The average molecular weight is 682 g/mol. The Balaban J connectivity index is 1.27. The third kappa shape index (κ3) is 6.19. The SMILES string of the molecule is COc1ncc(-c2ccc3ncnc(NC4CCN(C(=O)N5CC(N(C(=O)O)C(C=O)C(C)[SeH])C5)C4)c3n2)cc1C(F)(F)F. The Kier molecular flexibility index (Phi) is 8.79. The third-order valence-corrected chi connectivity index (χ3v) is 8.27. The van der Waals surface area contributed by atoms with E-state index < -0.39 is 35.8 Å². The number of carbonyl (C=O) groups excluding carboxylic acids is 2. The summed E-state index contributed by atoms with van der Waals surface area (Å²) in [4.78, 5) is 57.4. The van der Waals surface area contributed by atoms with E-state index in [1.807, 2.05) is 0 Å². The van der Waals surface area contributed by atoms with Crippen molar-refractivity contribution in [1.82, 2.24) is 34.6 Å². The number of rotatable bonds is 8. The molecule has 3 aromatic heterocycles. The molecule has 3 aromatic rings. The number of nitrogens with one attached hydrogen (secondary N) is 1. The van der Waals surface area contributed by atoms with Gasteiger partial charge in [0.1, 0.15) is 17.4 Å². The molecule has 0 bridgehead atoms. The van der Waals surface area contributed by atoms with E-state index in [0.29, 0.717) is 42.6 Å². The Morgan fingerprint density at radius 3 is 2.59 bits per heavy atom. The van der Waals surface area contributed by atoms with E-state index >= 15 is 0 Å². The van der Waals surface area contributed by atoms with Crippen LogP contribution < -0.4 is 10.1 Å². The average Bonchev–Trinajstić information content (AvgIpc) is 3.43. The largest absolute Gasteiger partial charge is 0.421 e. The standard InChI is InChI=1S/C27H29F3N8O5Se/c1-14(44)21(12-39)38(26(41)42)17-10-37(11-17)25(40)36-6-5-16(9-36)34-23-22-20(32-13-33-23)4-3-19(35-22)15-7-18(27(28,29)30)24(43-2)31-8-15/h3-4,7-8,12-14,16-17,21,44H,5-6,9-11H2,1-2H3,(H,41,42)(H,32,33,34). The quantitative estimate of drug-likeness (QED) is 0.268. The molecule has 5 heterocycles. The number of methoxy groups -OCH3 is 1. The van der Waals surface area contributed by atoms with Gasteiger partial charge in [-0.05, 0) is 18.2 Å². The number of aromatic nitrogens is 4. The molecule has 2 aliphatic rings. The molecule has 13 nitrogen and oxygen atoms in total. The van der Waals surface area contributed by atoms with Gasteiger partial charge in [-0.2, -0.15) is 13.2 Å². The number of alkyl halides is 3. The first-order valence-electron chi connectivity index (χ1n) is 13.6. The van der Waals surface area contributed by atoms with Gasteiger partial charge in [-0.1, -0.05) is 0 Å². The number of likely N-dealkylation sites (tertiary alicyclic amines) is 2. The monoisotopic (exact) mass is 682 g/mol. The van der Waals surface area contributed by atoms with E-state index in [4.69, 9.17) is 4.74 Å². The van der Waals surface area contributed by atoms with Gasteiger partial charge in [0.05, 0.1) is 18.3 Å². The number of carboxylic acid groups (broad SMARTS) is 1. The topological polar surface area (TPSA) is 154 Å². The molecule has 44 heavy (non-hydrogen) atoms. The van der Waals surface area contributed by atoms with Crippen LogP contribution in [0.15, 0.2) is 30.7 Å². The molecule has 3 amide bonds. The molecule has 5 rings (SSSR count). The number of fused-ring (bicyclic) bond motifs is 1. The van der Waals surface area contributed by atoms with Crippen LogP contribution in [0, 0.1) is 0 Å². The number of amides is 3. The van der Waals surface area contributed by atoms with Gasteiger partial charge >= 0.3 is 148 Å². The number of urea groups is 1. The summed E-state index contributed by atoms with van der Waals surface area (Å²) < 4.78 is 45.5. The van der Waals surface area contributed by atoms with Crippen molar-refractivity contribution in [2.24, 2.45) is 0 Å². The van der Waals surface area contributed by atoms with E-state index in [1.54, 1.807) is 28.9 Å². The summed E-state index contributed by atoms with van der Waals surface area (Å²) in [6.45, 7) is 2.89. The van der Waals surface area contributed by atoms with Crippen molar-refractivity contribution in [3.8, 4) is 17.1 Å². The zero-order chi connectivity index (χ0) is 31.8. The smallest absolute Gasteiger partial charge is 0.242 e. The predicted octanol–water partition coefficient (Wildman–Crippen LogP) is 2.66. The predicted molar refractivity (Wildman–Crippen MR) is 153 cm³/mol. The van der Waals surface area contributed by atoms with Gasteiger partial charge in [0.25, 0.3) is 0 Å². The van der Waals surface area contributed by atoms with Crippen molar-refractivity contribution >= 4 is 51.3 Å². The van der Waals surface area contributed by atoms with Crippen LogP contribution in [0.1, 0.15) is 18.9 Å². The van der Waals surface area contributed by atoms with Crippen LogP contribution in [0.4, 0.5) is 28.6 Å². The second-order valence-electron chi connectivity index (χ2n) is 10.5. The van der Waals surface area contributed by atoms with Gasteiger partial charge < -0.3 is 4.74 Å². The molecular weight excluding hydrogens is 652 g/mol. The molecule has 17 heteroatoms. The summed E-state index contributed by atoms with van der Waals surface area (Å²) >= 11 is 2.27. The van der Waals surface area contributed by atoms with Crippen LogP contribution in [0.25, 0.3) is 22.3 Å². The minimum atomic E-state index is -4.68. The molecule has 2 aliphatic heterocycles. The Bertz CT molecular complexity index is 1570. The van der Waals surface area contributed by atoms with E-state index in [1.165, 1.54) is 12.5 Å². The maximum atomic E-state index is 13.6. The molecular formula is C27H29F3N8O5Se. The maximum Gasteiger partial charge on any atom is 0.421 e. The van der Waals surface area contributed by atoms with Gasteiger partial charge in [0.15, 0.2) is 0 Å². The Hall–Kier alpha value is -4.24. The van der Waals surface area contributed by atoms with Gasteiger partial charge in [0.2, 0.25) is 5.88 Å². The first-order chi connectivity index (χ1) is 20.9. The molecule has 2 fully saturated rings. The molecule has 234 valence electrons. The van der Waals surface area contributed by atoms with Crippen LogP contribution in [0.3, 0.4) is 0 Å². The van der Waals surface area contributed by atoms with Crippen molar-refractivity contribution in [3.05, 3.63) is 36.3 Å². The first kappa shape index (κ1) is 31.2. The van der Waals surface area contributed by atoms with E-state index in [-0.39, 0.29) is 41.2 Å². The number of ether oxygens (including phenoxy) is 1. The zero-order valence-electron chi connectivity index (χ0n) is 23.6. The molecule has 0 radical (unpaired) electrons. The van der Waals surface area contributed by atoms with Crippen LogP contribution >= 0.6 is 0 Å². The molecule has 0 saturated carbocycles. The summed E-state index contributed by atoms with van der Waals surface area (Å²) in [5.74, 6) is -0.178. The number of aldehydes is 1. The Morgan fingerprint density at radius 2 is 1.95 bits per heavy atom. The van der Waals surface area contributed by atoms with Crippen molar-refractivity contribution in [2.45, 2.75) is 42.5 Å². The minimum Gasteiger partial charge on any atom is -0.242 e. The third-order valence-electron chi connectivity index (χ3n) is 7.63. The van der Waals surface area contributed by atoms with Crippen LogP contribution in [-0.4, -0.2) is 126 Å². The molecule has 3 unspecified atom stereocenters.